The lowest BCUT2D eigenvalue weighted by Gasteiger charge is -2.19. The number of nitrogens with one attached hydrogen (secondary N) is 1. The van der Waals surface area contributed by atoms with Crippen molar-refractivity contribution in [2.24, 2.45) is 0 Å². The van der Waals surface area contributed by atoms with Crippen LogP contribution in [0.1, 0.15) is 23.2 Å². The lowest BCUT2D eigenvalue weighted by Crippen LogP contribution is -2.24. The monoisotopic (exact) mass is 376 g/mol. The van der Waals surface area contributed by atoms with E-state index in [9.17, 15) is 9.59 Å². The van der Waals surface area contributed by atoms with Gasteiger partial charge in [-0.25, -0.2) is 4.68 Å². The number of hydrogen-bond acceptors (Lipinski definition) is 4. The van der Waals surface area contributed by atoms with E-state index in [0.29, 0.717) is 30.0 Å². The minimum atomic E-state index is -0.269. The van der Waals surface area contributed by atoms with Crippen molar-refractivity contribution in [3.63, 3.8) is 0 Å². The molecule has 4 rings (SSSR count). The number of rotatable bonds is 5. The van der Waals surface area contributed by atoms with Gasteiger partial charge in [0.05, 0.1) is 30.2 Å². The number of anilines is 2. The minimum absolute atomic E-state index is 0.0865. The molecule has 0 unspecified atom stereocenters. The zero-order chi connectivity index (χ0) is 19.5. The molecule has 2 amide bonds. The van der Waals surface area contributed by atoms with Crippen LogP contribution in [0.3, 0.4) is 0 Å². The van der Waals surface area contributed by atoms with E-state index in [4.69, 9.17) is 4.74 Å². The summed E-state index contributed by atoms with van der Waals surface area (Å²) >= 11 is 0. The van der Waals surface area contributed by atoms with E-state index in [2.05, 4.69) is 10.4 Å². The standard InChI is InChI=1S/C21H20N4O3/c1-28-19-12-16(9-10-18(19)24-11-5-8-20(24)26)23-21(27)15-13-22-25(14-15)17-6-3-2-4-7-17/h2-4,6-7,9-10,12-14H,5,8,11H2,1H3,(H,23,27). The first-order valence-corrected chi connectivity index (χ1v) is 9.05. The maximum absolute atomic E-state index is 12.6. The van der Waals surface area contributed by atoms with E-state index in [1.807, 2.05) is 30.3 Å². The number of methoxy groups -OCH3 is 1. The molecule has 7 nitrogen and oxygen atoms in total. The van der Waals surface area contributed by atoms with Crippen LogP contribution in [-0.4, -0.2) is 35.2 Å². The van der Waals surface area contributed by atoms with Crippen LogP contribution in [0.4, 0.5) is 11.4 Å². The number of benzene rings is 2. The number of ether oxygens (including phenoxy) is 1. The average molecular weight is 376 g/mol. The van der Waals surface area contributed by atoms with Gasteiger partial charge < -0.3 is 15.0 Å². The van der Waals surface area contributed by atoms with Crippen LogP contribution in [0.15, 0.2) is 60.9 Å². The Morgan fingerprint density at radius 2 is 2.00 bits per heavy atom. The second-order valence-electron chi connectivity index (χ2n) is 6.50. The molecule has 2 heterocycles. The molecule has 7 heteroatoms. The highest BCUT2D eigenvalue weighted by molar-refractivity contribution is 6.04. The van der Waals surface area contributed by atoms with Crippen molar-refractivity contribution in [1.29, 1.82) is 0 Å². The van der Waals surface area contributed by atoms with Crippen LogP contribution >= 0.6 is 0 Å². The fourth-order valence-corrected chi connectivity index (χ4v) is 3.25. The van der Waals surface area contributed by atoms with Crippen molar-refractivity contribution in [3.05, 3.63) is 66.5 Å². The van der Waals surface area contributed by atoms with E-state index in [0.717, 1.165) is 17.8 Å². The number of nitrogens with zero attached hydrogens (tertiary/aromatic N) is 3. The molecule has 142 valence electrons. The van der Waals surface area contributed by atoms with Crippen molar-refractivity contribution in [2.75, 3.05) is 23.9 Å². The van der Waals surface area contributed by atoms with Gasteiger partial charge in [-0.15, -0.1) is 0 Å². The Morgan fingerprint density at radius 1 is 1.18 bits per heavy atom. The number of para-hydroxylation sites is 1. The zero-order valence-electron chi connectivity index (χ0n) is 15.5. The molecule has 2 aromatic carbocycles. The third-order valence-corrected chi connectivity index (χ3v) is 4.67. The second-order valence-corrected chi connectivity index (χ2v) is 6.50. The Hall–Kier alpha value is -3.61. The third kappa shape index (κ3) is 3.46. The van der Waals surface area contributed by atoms with Crippen LogP contribution < -0.4 is 15.0 Å². The molecule has 1 aliphatic heterocycles. The maximum atomic E-state index is 12.6. The van der Waals surface area contributed by atoms with Gasteiger partial charge in [-0.3, -0.25) is 9.59 Å². The quantitative estimate of drug-likeness (QED) is 0.742. The minimum Gasteiger partial charge on any atom is -0.494 e. The largest absolute Gasteiger partial charge is 0.494 e. The van der Waals surface area contributed by atoms with E-state index in [1.54, 1.807) is 41.1 Å². The summed E-state index contributed by atoms with van der Waals surface area (Å²) in [6, 6.07) is 14.9. The van der Waals surface area contributed by atoms with Gasteiger partial charge in [0.15, 0.2) is 0 Å². The summed E-state index contributed by atoms with van der Waals surface area (Å²) in [5.41, 5.74) is 2.63. The van der Waals surface area contributed by atoms with Gasteiger partial charge >= 0.3 is 0 Å². The zero-order valence-corrected chi connectivity index (χ0v) is 15.5. The molecule has 0 saturated carbocycles. The van der Waals surface area contributed by atoms with Crippen LogP contribution in [0.5, 0.6) is 5.75 Å². The van der Waals surface area contributed by atoms with Gasteiger partial charge in [-0.05, 0) is 30.7 Å². The van der Waals surface area contributed by atoms with E-state index < -0.39 is 0 Å². The predicted molar refractivity (Wildman–Crippen MR) is 106 cm³/mol. The summed E-state index contributed by atoms with van der Waals surface area (Å²) in [6.45, 7) is 0.680. The smallest absolute Gasteiger partial charge is 0.258 e. The molecule has 0 radical (unpaired) electrons. The lowest BCUT2D eigenvalue weighted by atomic mass is 10.2. The number of hydrogen-bond donors (Lipinski definition) is 1. The van der Waals surface area contributed by atoms with Crippen LogP contribution in [0.25, 0.3) is 5.69 Å². The van der Waals surface area contributed by atoms with Crippen molar-refractivity contribution < 1.29 is 14.3 Å². The van der Waals surface area contributed by atoms with Crippen LogP contribution in [-0.2, 0) is 4.79 Å². The van der Waals surface area contributed by atoms with Gasteiger partial charge in [0, 0.05) is 30.9 Å². The molecule has 28 heavy (non-hydrogen) atoms. The first-order valence-electron chi connectivity index (χ1n) is 9.05. The Labute approximate surface area is 162 Å². The molecule has 3 aromatic rings. The summed E-state index contributed by atoms with van der Waals surface area (Å²) in [7, 11) is 1.55. The van der Waals surface area contributed by atoms with Gasteiger partial charge in [-0.2, -0.15) is 5.10 Å². The van der Waals surface area contributed by atoms with Crippen molar-refractivity contribution in [2.45, 2.75) is 12.8 Å². The van der Waals surface area contributed by atoms with Crippen molar-refractivity contribution in [1.82, 2.24) is 9.78 Å². The van der Waals surface area contributed by atoms with Gasteiger partial charge in [0.2, 0.25) is 5.91 Å². The lowest BCUT2D eigenvalue weighted by molar-refractivity contribution is -0.117. The predicted octanol–water partition coefficient (Wildman–Crippen LogP) is 3.26. The molecule has 1 saturated heterocycles. The normalized spacial score (nSPS) is 13.6. The van der Waals surface area contributed by atoms with Crippen molar-refractivity contribution >= 4 is 23.2 Å². The van der Waals surface area contributed by atoms with Gasteiger partial charge in [0.25, 0.3) is 5.91 Å². The molecular weight excluding hydrogens is 356 g/mol. The Balaban J connectivity index is 1.52. The summed E-state index contributed by atoms with van der Waals surface area (Å²) < 4.78 is 7.08. The third-order valence-electron chi connectivity index (χ3n) is 4.67. The van der Waals surface area contributed by atoms with Gasteiger partial charge in [0.1, 0.15) is 5.75 Å². The summed E-state index contributed by atoms with van der Waals surface area (Å²) in [4.78, 5) is 26.3. The molecule has 0 atom stereocenters. The van der Waals surface area contributed by atoms with Crippen molar-refractivity contribution in [3.8, 4) is 11.4 Å². The highest BCUT2D eigenvalue weighted by Gasteiger charge is 2.24. The molecule has 1 aromatic heterocycles. The first-order chi connectivity index (χ1) is 13.7. The molecule has 0 spiro atoms. The molecule has 0 aliphatic carbocycles. The highest BCUT2D eigenvalue weighted by Crippen LogP contribution is 2.34. The fourth-order valence-electron chi connectivity index (χ4n) is 3.25. The van der Waals surface area contributed by atoms with E-state index >= 15 is 0 Å². The van der Waals surface area contributed by atoms with Crippen LogP contribution in [0.2, 0.25) is 0 Å². The number of carbonyl (C=O) groups is 2. The molecule has 1 aliphatic rings. The van der Waals surface area contributed by atoms with E-state index in [1.165, 1.54) is 6.20 Å². The van der Waals surface area contributed by atoms with Gasteiger partial charge in [-0.1, -0.05) is 18.2 Å². The van der Waals surface area contributed by atoms with E-state index in [-0.39, 0.29) is 11.8 Å². The molecule has 0 bridgehead atoms. The Kier molecular flexibility index (Phi) is 4.80. The first kappa shape index (κ1) is 17.8. The number of amides is 2. The second kappa shape index (κ2) is 7.56. The molecule has 1 N–H and O–H groups in total. The number of aromatic nitrogens is 2. The molecular formula is C21H20N4O3. The summed E-state index contributed by atoms with van der Waals surface area (Å²) in [5, 5.41) is 7.10. The van der Waals surface area contributed by atoms with Crippen LogP contribution in [0, 0.1) is 0 Å². The average Bonchev–Trinajstić information content (AvgIpc) is 3.38. The SMILES string of the molecule is COc1cc(NC(=O)c2cnn(-c3ccccc3)c2)ccc1N1CCCC1=O. The summed E-state index contributed by atoms with van der Waals surface area (Å²) in [6.07, 6.45) is 4.59. The Morgan fingerprint density at radius 3 is 2.71 bits per heavy atom. The topological polar surface area (TPSA) is 76.5 Å². The highest BCUT2D eigenvalue weighted by atomic mass is 16.5. The Bertz CT molecular complexity index is 1010. The maximum Gasteiger partial charge on any atom is 0.258 e. The number of carbonyl (C=O) groups excluding carboxylic acids is 2. The fraction of sp³-hybridized carbons (Fsp3) is 0.190. The molecule has 1 fully saturated rings. The summed E-state index contributed by atoms with van der Waals surface area (Å²) in [5.74, 6) is 0.366.